The van der Waals surface area contributed by atoms with Crippen LogP contribution >= 0.6 is 23.2 Å². The Morgan fingerprint density at radius 3 is 2.71 bits per heavy atom. The van der Waals surface area contributed by atoms with Crippen molar-refractivity contribution in [3.63, 3.8) is 0 Å². The highest BCUT2D eigenvalue weighted by atomic mass is 35.5. The van der Waals surface area contributed by atoms with E-state index in [2.05, 4.69) is 11.8 Å². The molecule has 118 valence electrons. The van der Waals surface area contributed by atoms with Crippen molar-refractivity contribution in [3.8, 4) is 5.75 Å². The molecule has 0 aromatic heterocycles. The molecule has 1 saturated heterocycles. The Bertz CT molecular complexity index is 452. The van der Waals surface area contributed by atoms with Crippen LogP contribution in [0.1, 0.15) is 13.8 Å². The number of morpholine rings is 1. The van der Waals surface area contributed by atoms with E-state index in [4.69, 9.17) is 32.7 Å². The first-order chi connectivity index (χ1) is 9.99. The van der Waals surface area contributed by atoms with Gasteiger partial charge in [-0.05, 0) is 26.0 Å². The molecule has 3 unspecified atom stereocenters. The van der Waals surface area contributed by atoms with Gasteiger partial charge in [-0.1, -0.05) is 29.3 Å². The standard InChI is InChI=1S/C15H21Cl2NO3/c1-10-11(2)20-7-6-18(10)8-12(19)9-21-15-13(16)4-3-5-14(15)17/h3-5,10-12,19H,6-9H2,1-2H3. The zero-order valence-corrected chi connectivity index (χ0v) is 13.8. The molecule has 1 aromatic rings. The molecule has 1 heterocycles. The van der Waals surface area contributed by atoms with Crippen molar-refractivity contribution in [2.45, 2.75) is 32.1 Å². The number of hydrogen-bond donors (Lipinski definition) is 1. The molecule has 2 rings (SSSR count). The number of aliphatic hydroxyl groups is 1. The summed E-state index contributed by atoms with van der Waals surface area (Å²) in [5.74, 6) is 0.420. The molecule has 1 N–H and O–H groups in total. The molecule has 4 nitrogen and oxygen atoms in total. The van der Waals surface area contributed by atoms with Gasteiger partial charge in [0.25, 0.3) is 0 Å². The number of hydrogen-bond acceptors (Lipinski definition) is 4. The second-order valence-corrected chi connectivity index (χ2v) is 6.14. The number of halogens is 2. The van der Waals surface area contributed by atoms with Crippen LogP contribution < -0.4 is 4.74 Å². The number of nitrogens with zero attached hydrogens (tertiary/aromatic N) is 1. The number of aliphatic hydroxyl groups excluding tert-OH is 1. The smallest absolute Gasteiger partial charge is 0.156 e. The van der Waals surface area contributed by atoms with E-state index in [1.54, 1.807) is 18.2 Å². The summed E-state index contributed by atoms with van der Waals surface area (Å²) in [4.78, 5) is 2.20. The summed E-state index contributed by atoms with van der Waals surface area (Å²) in [5.41, 5.74) is 0. The van der Waals surface area contributed by atoms with Gasteiger partial charge in [-0.3, -0.25) is 4.90 Å². The van der Waals surface area contributed by atoms with E-state index in [1.807, 2.05) is 6.92 Å². The zero-order chi connectivity index (χ0) is 15.4. The Labute approximate surface area is 135 Å². The van der Waals surface area contributed by atoms with Crippen LogP contribution in [-0.4, -0.2) is 54.6 Å². The molecule has 21 heavy (non-hydrogen) atoms. The summed E-state index contributed by atoms with van der Waals surface area (Å²) < 4.78 is 11.1. The van der Waals surface area contributed by atoms with Gasteiger partial charge in [0.15, 0.2) is 5.75 Å². The van der Waals surface area contributed by atoms with E-state index in [1.165, 1.54) is 0 Å². The minimum absolute atomic E-state index is 0.155. The van der Waals surface area contributed by atoms with Gasteiger partial charge in [0.1, 0.15) is 12.7 Å². The minimum Gasteiger partial charge on any atom is -0.488 e. The first-order valence-electron chi connectivity index (χ1n) is 7.09. The van der Waals surface area contributed by atoms with E-state index in [-0.39, 0.29) is 18.8 Å². The van der Waals surface area contributed by atoms with E-state index in [0.717, 1.165) is 6.54 Å². The van der Waals surface area contributed by atoms with Crippen LogP contribution in [0.4, 0.5) is 0 Å². The highest BCUT2D eigenvalue weighted by molar-refractivity contribution is 6.37. The number of ether oxygens (including phenoxy) is 2. The van der Waals surface area contributed by atoms with Crippen molar-refractivity contribution < 1.29 is 14.6 Å². The number of β-amino-alcohol motifs (C(OH)–C–C–N with tert-alkyl or cyclic N) is 1. The fraction of sp³-hybridized carbons (Fsp3) is 0.600. The van der Waals surface area contributed by atoms with Crippen molar-refractivity contribution in [2.24, 2.45) is 0 Å². The second kappa shape index (κ2) is 7.65. The van der Waals surface area contributed by atoms with Crippen LogP contribution in [0.3, 0.4) is 0 Å². The second-order valence-electron chi connectivity index (χ2n) is 5.33. The monoisotopic (exact) mass is 333 g/mol. The van der Waals surface area contributed by atoms with Crippen LogP contribution in [0.25, 0.3) is 0 Å². The molecule has 3 atom stereocenters. The van der Waals surface area contributed by atoms with E-state index >= 15 is 0 Å². The van der Waals surface area contributed by atoms with Gasteiger partial charge in [0, 0.05) is 19.1 Å². The van der Waals surface area contributed by atoms with Crippen molar-refractivity contribution in [1.29, 1.82) is 0 Å². The lowest BCUT2D eigenvalue weighted by Gasteiger charge is -2.38. The quantitative estimate of drug-likeness (QED) is 0.899. The molecular weight excluding hydrogens is 313 g/mol. The Morgan fingerprint density at radius 1 is 1.38 bits per heavy atom. The third-order valence-corrected chi connectivity index (χ3v) is 4.39. The fourth-order valence-electron chi connectivity index (χ4n) is 2.38. The number of rotatable bonds is 5. The van der Waals surface area contributed by atoms with Crippen molar-refractivity contribution in [3.05, 3.63) is 28.2 Å². The number of para-hydroxylation sites is 1. The fourth-order valence-corrected chi connectivity index (χ4v) is 2.88. The molecule has 1 aliphatic heterocycles. The maximum absolute atomic E-state index is 10.2. The molecule has 1 aliphatic rings. The third kappa shape index (κ3) is 4.47. The zero-order valence-electron chi connectivity index (χ0n) is 12.3. The Morgan fingerprint density at radius 2 is 2.05 bits per heavy atom. The van der Waals surface area contributed by atoms with Gasteiger partial charge >= 0.3 is 0 Å². The van der Waals surface area contributed by atoms with Gasteiger partial charge in [0.05, 0.1) is 22.8 Å². The van der Waals surface area contributed by atoms with Crippen LogP contribution in [0.2, 0.25) is 10.0 Å². The van der Waals surface area contributed by atoms with Gasteiger partial charge in [-0.2, -0.15) is 0 Å². The van der Waals surface area contributed by atoms with Gasteiger partial charge in [-0.15, -0.1) is 0 Å². The Balaban J connectivity index is 1.86. The molecule has 6 heteroatoms. The highest BCUT2D eigenvalue weighted by Gasteiger charge is 2.27. The first kappa shape index (κ1) is 16.8. The lowest BCUT2D eigenvalue weighted by molar-refractivity contribution is -0.0701. The average molecular weight is 334 g/mol. The van der Waals surface area contributed by atoms with E-state index in [9.17, 15) is 5.11 Å². The summed E-state index contributed by atoms with van der Waals surface area (Å²) in [6.45, 7) is 6.34. The third-order valence-electron chi connectivity index (χ3n) is 3.80. The molecule has 0 aliphatic carbocycles. The largest absolute Gasteiger partial charge is 0.488 e. The van der Waals surface area contributed by atoms with Crippen molar-refractivity contribution >= 4 is 23.2 Å². The van der Waals surface area contributed by atoms with Crippen molar-refractivity contribution in [1.82, 2.24) is 4.90 Å². The van der Waals surface area contributed by atoms with Crippen molar-refractivity contribution in [2.75, 3.05) is 26.3 Å². The summed E-state index contributed by atoms with van der Waals surface area (Å²) in [7, 11) is 0. The normalized spacial score (nSPS) is 24.8. The van der Waals surface area contributed by atoms with Gasteiger partial charge in [-0.25, -0.2) is 0 Å². The lowest BCUT2D eigenvalue weighted by Crippen LogP contribution is -2.51. The van der Waals surface area contributed by atoms with Crippen LogP contribution in [-0.2, 0) is 4.74 Å². The summed E-state index contributed by atoms with van der Waals surface area (Å²) in [6, 6.07) is 5.45. The Kier molecular flexibility index (Phi) is 6.14. The predicted molar refractivity (Wildman–Crippen MR) is 84.4 cm³/mol. The summed E-state index contributed by atoms with van der Waals surface area (Å²) in [6.07, 6.45) is -0.435. The van der Waals surface area contributed by atoms with E-state index < -0.39 is 6.10 Å². The maximum Gasteiger partial charge on any atom is 0.156 e. The number of benzene rings is 1. The van der Waals surface area contributed by atoms with Gasteiger partial charge in [0.2, 0.25) is 0 Å². The molecule has 0 radical (unpaired) electrons. The van der Waals surface area contributed by atoms with Crippen LogP contribution in [0.15, 0.2) is 18.2 Å². The molecule has 1 aromatic carbocycles. The minimum atomic E-state index is -0.606. The van der Waals surface area contributed by atoms with Crippen LogP contribution in [0, 0.1) is 0 Å². The van der Waals surface area contributed by atoms with Crippen LogP contribution in [0.5, 0.6) is 5.75 Å². The Hall–Kier alpha value is -0.520. The highest BCUT2D eigenvalue weighted by Crippen LogP contribution is 2.32. The average Bonchev–Trinajstić information content (AvgIpc) is 2.43. The lowest BCUT2D eigenvalue weighted by atomic mass is 10.1. The summed E-state index contributed by atoms with van der Waals surface area (Å²) >= 11 is 12.1. The molecular formula is C15H21Cl2NO3. The summed E-state index contributed by atoms with van der Waals surface area (Å²) in [5, 5.41) is 11.0. The van der Waals surface area contributed by atoms with E-state index in [0.29, 0.717) is 28.9 Å². The topological polar surface area (TPSA) is 41.9 Å². The predicted octanol–water partition coefficient (Wildman–Crippen LogP) is 2.84. The molecule has 0 amide bonds. The molecule has 0 saturated carbocycles. The molecule has 0 spiro atoms. The molecule has 0 bridgehead atoms. The maximum atomic E-state index is 10.2. The first-order valence-corrected chi connectivity index (χ1v) is 7.85. The molecule has 1 fully saturated rings. The van der Waals surface area contributed by atoms with Gasteiger partial charge < -0.3 is 14.6 Å². The SMILES string of the molecule is CC1OCCN(CC(O)COc2c(Cl)cccc2Cl)C1C.